The Morgan fingerprint density at radius 3 is 2.57 bits per heavy atom. The topological polar surface area (TPSA) is 15.3 Å². The quantitative estimate of drug-likeness (QED) is 0.884. The van der Waals surface area contributed by atoms with Gasteiger partial charge in [0.1, 0.15) is 0 Å². The minimum absolute atomic E-state index is 0.308. The molecule has 1 heterocycles. The van der Waals surface area contributed by atoms with Crippen LogP contribution in [0.4, 0.5) is 0 Å². The molecule has 2 unspecified atom stereocenters. The van der Waals surface area contributed by atoms with Crippen molar-refractivity contribution in [3.8, 4) is 0 Å². The zero-order valence-electron chi connectivity index (χ0n) is 13.4. The summed E-state index contributed by atoms with van der Waals surface area (Å²) in [5.74, 6) is 0.924. The van der Waals surface area contributed by atoms with Crippen LogP contribution in [0.1, 0.15) is 39.2 Å². The van der Waals surface area contributed by atoms with Gasteiger partial charge in [-0.2, -0.15) is 0 Å². The van der Waals surface area contributed by atoms with Crippen LogP contribution in [-0.4, -0.2) is 30.1 Å². The standard InChI is InChI=1S/C18H27BrN2/c1-18(2,3)17-10-20-16(13-8-9-13)12-21(17)11-14-6-4-5-7-15(14)19/h4-7,13,16-17,20H,8-12H2,1-3H3. The largest absolute Gasteiger partial charge is 0.311 e. The molecule has 2 aliphatic rings. The highest BCUT2D eigenvalue weighted by atomic mass is 79.9. The fourth-order valence-corrected chi connectivity index (χ4v) is 3.94. The molecule has 1 aliphatic carbocycles. The van der Waals surface area contributed by atoms with Gasteiger partial charge in [0.05, 0.1) is 0 Å². The second kappa shape index (κ2) is 6.02. The Hall–Kier alpha value is -0.380. The Balaban J connectivity index is 1.77. The van der Waals surface area contributed by atoms with E-state index >= 15 is 0 Å². The van der Waals surface area contributed by atoms with Gasteiger partial charge in [0.2, 0.25) is 0 Å². The van der Waals surface area contributed by atoms with E-state index in [0.717, 1.165) is 19.0 Å². The molecule has 1 N–H and O–H groups in total. The first-order chi connectivity index (χ1) is 9.95. The van der Waals surface area contributed by atoms with Gasteiger partial charge in [-0.15, -0.1) is 0 Å². The van der Waals surface area contributed by atoms with Gasteiger partial charge < -0.3 is 5.32 Å². The molecule has 0 aromatic heterocycles. The zero-order chi connectivity index (χ0) is 15.0. The second-order valence-corrected chi connectivity index (χ2v) is 8.61. The van der Waals surface area contributed by atoms with Gasteiger partial charge in [-0.3, -0.25) is 4.90 Å². The van der Waals surface area contributed by atoms with Crippen LogP contribution in [-0.2, 0) is 6.54 Å². The minimum Gasteiger partial charge on any atom is -0.311 e. The van der Waals surface area contributed by atoms with E-state index in [1.807, 2.05) is 0 Å². The third-order valence-corrected chi connectivity index (χ3v) is 5.74. The first-order valence-electron chi connectivity index (χ1n) is 8.16. The van der Waals surface area contributed by atoms with Crippen LogP contribution in [0.2, 0.25) is 0 Å². The van der Waals surface area contributed by atoms with E-state index < -0.39 is 0 Å². The van der Waals surface area contributed by atoms with Crippen molar-refractivity contribution in [2.24, 2.45) is 11.3 Å². The van der Waals surface area contributed by atoms with E-state index in [2.05, 4.69) is 71.2 Å². The number of nitrogens with zero attached hydrogens (tertiary/aromatic N) is 1. The highest BCUT2D eigenvalue weighted by molar-refractivity contribution is 9.10. The van der Waals surface area contributed by atoms with Crippen LogP contribution in [0.15, 0.2) is 28.7 Å². The smallest absolute Gasteiger partial charge is 0.0273 e. The SMILES string of the molecule is CC(C)(C)C1CNC(C2CC2)CN1Cc1ccccc1Br. The zero-order valence-corrected chi connectivity index (χ0v) is 15.0. The first kappa shape index (κ1) is 15.5. The summed E-state index contributed by atoms with van der Waals surface area (Å²) < 4.78 is 1.24. The van der Waals surface area contributed by atoms with Crippen LogP contribution in [0, 0.1) is 11.3 Å². The molecule has 2 nitrogen and oxygen atoms in total. The maximum atomic E-state index is 3.81. The average molecular weight is 351 g/mol. The van der Waals surface area contributed by atoms with E-state index in [-0.39, 0.29) is 0 Å². The van der Waals surface area contributed by atoms with Crippen LogP contribution >= 0.6 is 15.9 Å². The molecule has 1 aromatic carbocycles. The average Bonchev–Trinajstić information content (AvgIpc) is 3.24. The molecule has 0 amide bonds. The molecule has 1 aromatic rings. The van der Waals surface area contributed by atoms with Crippen LogP contribution < -0.4 is 5.32 Å². The second-order valence-electron chi connectivity index (χ2n) is 7.75. The Kier molecular flexibility index (Phi) is 4.45. The number of rotatable bonds is 3. The molecule has 116 valence electrons. The van der Waals surface area contributed by atoms with Crippen molar-refractivity contribution >= 4 is 15.9 Å². The molecule has 0 bridgehead atoms. The molecule has 3 heteroatoms. The van der Waals surface area contributed by atoms with E-state index in [1.165, 1.54) is 29.4 Å². The van der Waals surface area contributed by atoms with Crippen molar-refractivity contribution in [3.05, 3.63) is 34.3 Å². The molecule has 0 radical (unpaired) electrons. The summed E-state index contributed by atoms with van der Waals surface area (Å²) in [7, 11) is 0. The number of hydrogen-bond acceptors (Lipinski definition) is 2. The van der Waals surface area contributed by atoms with Gasteiger partial charge in [0.15, 0.2) is 0 Å². The lowest BCUT2D eigenvalue weighted by Gasteiger charge is -2.46. The Bertz CT molecular complexity index is 490. The highest BCUT2D eigenvalue weighted by Gasteiger charge is 2.40. The molecule has 2 fully saturated rings. The number of hydrogen-bond donors (Lipinski definition) is 1. The molecule has 0 spiro atoms. The summed E-state index contributed by atoms with van der Waals surface area (Å²) in [6, 6.07) is 9.94. The van der Waals surface area contributed by atoms with Crippen molar-refractivity contribution in [1.29, 1.82) is 0 Å². The third-order valence-electron chi connectivity index (χ3n) is 4.97. The van der Waals surface area contributed by atoms with E-state index in [9.17, 15) is 0 Å². The van der Waals surface area contributed by atoms with Crippen LogP contribution in [0.3, 0.4) is 0 Å². The van der Waals surface area contributed by atoms with Gasteiger partial charge >= 0.3 is 0 Å². The lowest BCUT2D eigenvalue weighted by atomic mass is 9.83. The normalized spacial score (nSPS) is 27.8. The number of benzene rings is 1. The molecule has 21 heavy (non-hydrogen) atoms. The molecule has 1 saturated carbocycles. The summed E-state index contributed by atoms with van der Waals surface area (Å²) in [5, 5.41) is 3.81. The van der Waals surface area contributed by atoms with Gasteiger partial charge in [-0.1, -0.05) is 54.9 Å². The van der Waals surface area contributed by atoms with Crippen molar-refractivity contribution in [2.75, 3.05) is 13.1 Å². The van der Waals surface area contributed by atoms with Crippen LogP contribution in [0.5, 0.6) is 0 Å². The van der Waals surface area contributed by atoms with Gasteiger partial charge in [0, 0.05) is 36.2 Å². The van der Waals surface area contributed by atoms with Crippen molar-refractivity contribution in [3.63, 3.8) is 0 Å². The van der Waals surface area contributed by atoms with Crippen LogP contribution in [0.25, 0.3) is 0 Å². The fraction of sp³-hybridized carbons (Fsp3) is 0.667. The highest BCUT2D eigenvalue weighted by Crippen LogP contribution is 2.37. The fourth-order valence-electron chi connectivity index (χ4n) is 3.52. The van der Waals surface area contributed by atoms with Gasteiger partial charge in [0.25, 0.3) is 0 Å². The van der Waals surface area contributed by atoms with Crippen molar-refractivity contribution in [1.82, 2.24) is 10.2 Å². The third kappa shape index (κ3) is 3.69. The van der Waals surface area contributed by atoms with Crippen molar-refractivity contribution in [2.45, 2.75) is 52.2 Å². The molecule has 1 aliphatic heterocycles. The van der Waals surface area contributed by atoms with Crippen molar-refractivity contribution < 1.29 is 0 Å². The molecular formula is C18H27BrN2. The Labute approximate surface area is 137 Å². The monoisotopic (exact) mass is 350 g/mol. The minimum atomic E-state index is 0.308. The predicted octanol–water partition coefficient (Wildman–Crippen LogP) is 4.05. The Morgan fingerprint density at radius 2 is 1.95 bits per heavy atom. The summed E-state index contributed by atoms with van der Waals surface area (Å²) in [5.41, 5.74) is 1.71. The van der Waals surface area contributed by atoms with Gasteiger partial charge in [-0.05, 0) is 35.8 Å². The van der Waals surface area contributed by atoms with E-state index in [1.54, 1.807) is 0 Å². The molecule has 1 saturated heterocycles. The molecule has 2 atom stereocenters. The summed E-state index contributed by atoms with van der Waals surface area (Å²) >= 11 is 3.71. The maximum Gasteiger partial charge on any atom is 0.0273 e. The summed E-state index contributed by atoms with van der Waals surface area (Å²) in [4.78, 5) is 2.71. The Morgan fingerprint density at radius 1 is 1.24 bits per heavy atom. The lowest BCUT2D eigenvalue weighted by molar-refractivity contribution is 0.0448. The van der Waals surface area contributed by atoms with E-state index in [0.29, 0.717) is 17.5 Å². The maximum absolute atomic E-state index is 3.81. The lowest BCUT2D eigenvalue weighted by Crippen LogP contribution is -2.60. The number of piperazine rings is 1. The first-order valence-corrected chi connectivity index (χ1v) is 8.95. The number of nitrogens with one attached hydrogen (secondary N) is 1. The summed E-state index contributed by atoms with van der Waals surface area (Å²) in [6.45, 7) is 10.5. The molecular weight excluding hydrogens is 324 g/mol. The molecule has 3 rings (SSSR count). The number of halogens is 1. The van der Waals surface area contributed by atoms with Gasteiger partial charge in [-0.25, -0.2) is 0 Å². The predicted molar refractivity (Wildman–Crippen MR) is 92.3 cm³/mol. The van der Waals surface area contributed by atoms with E-state index in [4.69, 9.17) is 0 Å². The summed E-state index contributed by atoms with van der Waals surface area (Å²) in [6.07, 6.45) is 2.83.